The Morgan fingerprint density at radius 2 is 1.92 bits per heavy atom. The molecule has 1 saturated carbocycles. The maximum Gasteiger partial charge on any atom is 0.392 e. The van der Waals surface area contributed by atoms with Crippen molar-refractivity contribution >= 4 is 11.6 Å². The number of rotatable bonds is 6. The van der Waals surface area contributed by atoms with E-state index in [1.807, 2.05) is 43.3 Å². The Bertz CT molecular complexity index is 1370. The lowest BCUT2D eigenvalue weighted by molar-refractivity contribution is -0.125. The second-order valence-corrected chi connectivity index (χ2v) is 11.0. The van der Waals surface area contributed by atoms with Crippen LogP contribution in [-0.2, 0) is 18.3 Å². The van der Waals surface area contributed by atoms with Gasteiger partial charge in [-0.05, 0) is 92.3 Å². The smallest absolute Gasteiger partial charge is 0.386 e. The average Bonchev–Trinajstić information content (AvgIpc) is 2.90. The molecule has 3 aromatic rings. The molecule has 2 N–H and O–H groups in total. The first-order valence-corrected chi connectivity index (χ1v) is 13.4. The van der Waals surface area contributed by atoms with E-state index >= 15 is 0 Å². The van der Waals surface area contributed by atoms with E-state index in [-0.39, 0.29) is 17.2 Å². The number of aryl methyl sites for hydroxylation is 2. The molecule has 7 heteroatoms. The second kappa shape index (κ2) is 10.6. The van der Waals surface area contributed by atoms with Crippen LogP contribution >= 0.6 is 0 Å². The largest absolute Gasteiger partial charge is 0.392 e. The highest BCUT2D eigenvalue weighted by atomic mass is 19.4. The zero-order chi connectivity index (χ0) is 27.7. The van der Waals surface area contributed by atoms with Crippen LogP contribution in [0.25, 0.3) is 0 Å². The predicted octanol–water partition coefficient (Wildman–Crippen LogP) is 7.11. The number of amides is 1. The maximum atomic E-state index is 13.1. The summed E-state index contributed by atoms with van der Waals surface area (Å²) in [5.41, 5.74) is 3.95. The molecule has 5 rings (SSSR count). The van der Waals surface area contributed by atoms with Crippen LogP contribution in [0.15, 0.2) is 79.0 Å². The van der Waals surface area contributed by atoms with E-state index in [0.29, 0.717) is 30.5 Å². The lowest BCUT2D eigenvalue weighted by Crippen LogP contribution is -2.50. The normalized spacial score (nSPS) is 24.7. The summed E-state index contributed by atoms with van der Waals surface area (Å²) in [6.07, 6.45) is 2.54. The van der Waals surface area contributed by atoms with Crippen molar-refractivity contribution < 1.29 is 23.1 Å². The van der Waals surface area contributed by atoms with Gasteiger partial charge in [-0.25, -0.2) is 0 Å². The summed E-state index contributed by atoms with van der Waals surface area (Å²) >= 11 is 0. The third-order valence-electron chi connectivity index (χ3n) is 8.45. The topological polar surface area (TPSA) is 62.2 Å². The van der Waals surface area contributed by atoms with Crippen LogP contribution in [-0.4, -0.2) is 27.8 Å². The number of hydrogen-bond acceptors (Lipinski definition) is 3. The van der Waals surface area contributed by atoms with Crippen LogP contribution < -0.4 is 5.32 Å². The van der Waals surface area contributed by atoms with Crippen molar-refractivity contribution in [3.63, 3.8) is 0 Å². The third kappa shape index (κ3) is 5.93. The molecular weight excluding hydrogens is 501 g/mol. The minimum Gasteiger partial charge on any atom is -0.386 e. The number of carbonyl (C=O) groups excluding carboxylic acids is 1. The number of nitrogens with zero attached hydrogens (tertiary/aromatic N) is 1. The van der Waals surface area contributed by atoms with E-state index in [9.17, 15) is 23.1 Å². The van der Waals surface area contributed by atoms with Crippen molar-refractivity contribution in [3.05, 3.63) is 107 Å². The highest BCUT2D eigenvalue weighted by Gasteiger charge is 2.51. The van der Waals surface area contributed by atoms with Crippen LogP contribution in [0.3, 0.4) is 0 Å². The molecule has 0 spiro atoms. The lowest BCUT2D eigenvalue weighted by Gasteiger charge is -2.53. The van der Waals surface area contributed by atoms with E-state index in [1.165, 1.54) is 17.2 Å². The fraction of sp³-hybridized carbons (Fsp3) is 0.375. The first-order chi connectivity index (χ1) is 18.6. The fourth-order valence-corrected chi connectivity index (χ4v) is 6.52. The molecule has 0 aliphatic heterocycles. The zero-order valence-corrected chi connectivity index (χ0v) is 22.0. The van der Waals surface area contributed by atoms with Gasteiger partial charge in [-0.2, -0.15) is 13.2 Å². The Hall–Kier alpha value is -3.45. The number of fused-ring (bicyclic) bond motifs is 3. The Morgan fingerprint density at radius 3 is 2.67 bits per heavy atom. The molecule has 1 aromatic heterocycles. The van der Waals surface area contributed by atoms with E-state index in [0.717, 1.165) is 36.6 Å². The Labute approximate surface area is 227 Å². The van der Waals surface area contributed by atoms with Gasteiger partial charge >= 0.3 is 6.18 Å². The minimum atomic E-state index is -4.29. The molecule has 2 aliphatic carbocycles. The number of pyridine rings is 1. The number of hydrogen-bond donors (Lipinski definition) is 2. The van der Waals surface area contributed by atoms with E-state index in [1.54, 1.807) is 12.3 Å². The van der Waals surface area contributed by atoms with E-state index in [4.69, 9.17) is 0 Å². The van der Waals surface area contributed by atoms with Crippen LogP contribution in [0.1, 0.15) is 64.8 Å². The predicted molar refractivity (Wildman–Crippen MR) is 146 cm³/mol. The molecule has 4 nitrogen and oxygen atoms in total. The van der Waals surface area contributed by atoms with Crippen molar-refractivity contribution in [2.24, 2.45) is 5.92 Å². The summed E-state index contributed by atoms with van der Waals surface area (Å²) < 4.78 is 38.2. The van der Waals surface area contributed by atoms with Gasteiger partial charge in [-0.15, -0.1) is 0 Å². The van der Waals surface area contributed by atoms with Gasteiger partial charge < -0.3 is 10.4 Å². The van der Waals surface area contributed by atoms with Crippen LogP contribution in [0.5, 0.6) is 0 Å². The molecule has 0 radical (unpaired) electrons. The monoisotopic (exact) mass is 534 g/mol. The number of anilines is 1. The fourth-order valence-electron chi connectivity index (χ4n) is 6.52. The van der Waals surface area contributed by atoms with Gasteiger partial charge in [-0.3, -0.25) is 9.78 Å². The van der Waals surface area contributed by atoms with Crippen molar-refractivity contribution in [1.82, 2.24) is 4.98 Å². The molecule has 0 bridgehead atoms. The quantitative estimate of drug-likeness (QED) is 0.331. The van der Waals surface area contributed by atoms with Gasteiger partial charge in [0, 0.05) is 17.2 Å². The van der Waals surface area contributed by atoms with Crippen LogP contribution in [0.4, 0.5) is 18.9 Å². The Kier molecular flexibility index (Phi) is 7.38. The Balaban J connectivity index is 1.45. The van der Waals surface area contributed by atoms with Crippen molar-refractivity contribution in [1.29, 1.82) is 0 Å². The third-order valence-corrected chi connectivity index (χ3v) is 8.45. The van der Waals surface area contributed by atoms with Crippen LogP contribution in [0.2, 0.25) is 0 Å². The van der Waals surface area contributed by atoms with Gasteiger partial charge in [0.25, 0.3) is 5.91 Å². The first kappa shape index (κ1) is 27.1. The van der Waals surface area contributed by atoms with E-state index < -0.39 is 18.2 Å². The molecule has 204 valence electrons. The molecule has 0 saturated heterocycles. The summed E-state index contributed by atoms with van der Waals surface area (Å²) in [6.45, 7) is 1.85. The SMILES string of the molecule is Cc1ncccc1NC(=O)c1ccc2c(c1)CCC1C[C@@](O)(/C=C/CC(F)(F)F)CC[C@@]21Cc1ccccc1. The number of halogens is 3. The summed E-state index contributed by atoms with van der Waals surface area (Å²) in [7, 11) is 0. The van der Waals surface area contributed by atoms with Gasteiger partial charge in [0.15, 0.2) is 0 Å². The number of alkyl halides is 3. The van der Waals surface area contributed by atoms with Gasteiger partial charge in [-0.1, -0.05) is 48.6 Å². The van der Waals surface area contributed by atoms with Gasteiger partial charge in [0.05, 0.1) is 23.4 Å². The average molecular weight is 535 g/mol. The maximum absolute atomic E-state index is 13.1. The van der Waals surface area contributed by atoms with Crippen molar-refractivity contribution in [2.75, 3.05) is 5.32 Å². The second-order valence-electron chi connectivity index (χ2n) is 11.0. The number of allylic oxidation sites excluding steroid dienone is 1. The molecule has 1 unspecified atom stereocenters. The zero-order valence-electron chi connectivity index (χ0n) is 22.0. The number of aromatic nitrogens is 1. The number of carbonyl (C=O) groups is 1. The van der Waals surface area contributed by atoms with Crippen LogP contribution in [0, 0.1) is 12.8 Å². The van der Waals surface area contributed by atoms with Gasteiger partial charge in [0.1, 0.15) is 0 Å². The van der Waals surface area contributed by atoms with Crippen molar-refractivity contribution in [2.45, 2.75) is 69.1 Å². The summed E-state index contributed by atoms with van der Waals surface area (Å²) in [4.78, 5) is 17.3. The molecule has 2 aromatic carbocycles. The lowest BCUT2D eigenvalue weighted by atomic mass is 9.52. The summed E-state index contributed by atoms with van der Waals surface area (Å²) in [5, 5.41) is 14.3. The Morgan fingerprint density at radius 1 is 1.13 bits per heavy atom. The highest BCUT2D eigenvalue weighted by Crippen LogP contribution is 2.54. The minimum absolute atomic E-state index is 0.0946. The number of benzene rings is 2. The molecule has 1 heterocycles. The summed E-state index contributed by atoms with van der Waals surface area (Å²) in [6, 6.07) is 19.7. The molecule has 1 fully saturated rings. The van der Waals surface area contributed by atoms with Gasteiger partial charge in [0.2, 0.25) is 0 Å². The number of nitrogens with one attached hydrogen (secondary N) is 1. The van der Waals surface area contributed by atoms with E-state index in [2.05, 4.69) is 28.5 Å². The number of aliphatic hydroxyl groups is 1. The first-order valence-electron chi connectivity index (χ1n) is 13.4. The molecule has 1 amide bonds. The highest BCUT2D eigenvalue weighted by molar-refractivity contribution is 6.04. The standard InChI is InChI=1S/C32H33F3N2O2/c1-22-28(9-5-18-36-22)37-29(38)25-11-13-27-24(19-25)10-12-26-21-30(39,14-6-15-32(33,34)35)16-17-31(26,27)20-23-7-3-2-4-8-23/h2-9,11,13-14,18-19,26,39H,10,12,15-17,20-21H2,1H3,(H,37,38)/b14-6+/t26?,30-,31+/m1/s1. The molecule has 2 aliphatic rings. The van der Waals surface area contributed by atoms with Crippen molar-refractivity contribution in [3.8, 4) is 0 Å². The molecular formula is C32H33F3N2O2. The molecule has 3 atom stereocenters. The molecule has 39 heavy (non-hydrogen) atoms. The summed E-state index contributed by atoms with van der Waals surface area (Å²) in [5.74, 6) is -0.0989.